The Kier molecular flexibility index (Phi) is 4.65. The minimum absolute atomic E-state index is 0.179. The van der Waals surface area contributed by atoms with Crippen molar-refractivity contribution >= 4 is 6.03 Å². The third kappa shape index (κ3) is 3.74. The number of ether oxygens (including phenoxy) is 2. The van der Waals surface area contributed by atoms with Crippen molar-refractivity contribution in [2.24, 2.45) is 0 Å². The molecule has 0 aromatic heterocycles. The monoisotopic (exact) mass is 356 g/mol. The quantitative estimate of drug-likeness (QED) is 0.894. The molecule has 1 aliphatic heterocycles. The predicted molar refractivity (Wildman–Crippen MR) is 94.7 cm³/mol. The lowest BCUT2D eigenvalue weighted by Gasteiger charge is -2.28. The fraction of sp³-hybridized carbons (Fsp3) is 0.350. The summed E-state index contributed by atoms with van der Waals surface area (Å²) in [6.45, 7) is 0.996. The second kappa shape index (κ2) is 7.23. The fourth-order valence-electron chi connectivity index (χ4n) is 3.03. The molecule has 2 aromatic rings. The molecule has 5 nitrogen and oxygen atoms in total. The van der Waals surface area contributed by atoms with Crippen LogP contribution in [0.5, 0.6) is 11.5 Å². The number of nitrogens with zero attached hydrogens (tertiary/aromatic N) is 1. The van der Waals surface area contributed by atoms with E-state index in [1.807, 2.05) is 24.3 Å². The molecule has 0 radical (unpaired) electrons. The summed E-state index contributed by atoms with van der Waals surface area (Å²) in [5, 5.41) is 2.90. The van der Waals surface area contributed by atoms with Crippen LogP contribution in [-0.2, 0) is 6.54 Å². The van der Waals surface area contributed by atoms with Crippen LogP contribution in [0.25, 0.3) is 0 Å². The van der Waals surface area contributed by atoms with Crippen molar-refractivity contribution in [2.45, 2.75) is 31.5 Å². The van der Waals surface area contributed by atoms with Crippen molar-refractivity contribution < 1.29 is 18.7 Å². The summed E-state index contributed by atoms with van der Waals surface area (Å²) < 4.78 is 25.4. The first-order valence-corrected chi connectivity index (χ1v) is 8.87. The summed E-state index contributed by atoms with van der Waals surface area (Å²) >= 11 is 0. The van der Waals surface area contributed by atoms with E-state index < -0.39 is 0 Å². The molecule has 1 saturated carbocycles. The van der Waals surface area contributed by atoms with Crippen LogP contribution in [0, 0.1) is 5.82 Å². The first kappa shape index (κ1) is 16.7. The largest absolute Gasteiger partial charge is 0.486 e. The number of hydrogen-bond acceptors (Lipinski definition) is 3. The molecule has 1 N–H and O–H groups in total. The molecule has 26 heavy (non-hydrogen) atoms. The number of rotatable bonds is 5. The molecular weight excluding hydrogens is 335 g/mol. The highest BCUT2D eigenvalue weighted by molar-refractivity contribution is 5.75. The third-order valence-electron chi connectivity index (χ3n) is 4.60. The number of carbonyl (C=O) groups is 1. The third-order valence-corrected chi connectivity index (χ3v) is 4.60. The van der Waals surface area contributed by atoms with Crippen LogP contribution in [0.3, 0.4) is 0 Å². The molecule has 1 fully saturated rings. The highest BCUT2D eigenvalue weighted by Gasteiger charge is 2.33. The van der Waals surface area contributed by atoms with Gasteiger partial charge in [-0.15, -0.1) is 0 Å². The smallest absolute Gasteiger partial charge is 0.318 e. The number of halogens is 1. The van der Waals surface area contributed by atoms with Crippen LogP contribution in [0.15, 0.2) is 48.5 Å². The zero-order valence-electron chi connectivity index (χ0n) is 14.4. The van der Waals surface area contributed by atoms with Crippen LogP contribution in [0.1, 0.15) is 18.4 Å². The van der Waals surface area contributed by atoms with Gasteiger partial charge in [0.1, 0.15) is 12.4 Å². The number of amides is 2. The zero-order chi connectivity index (χ0) is 17.9. The van der Waals surface area contributed by atoms with Gasteiger partial charge in [0.25, 0.3) is 0 Å². The Hall–Kier alpha value is -2.76. The minimum atomic E-state index is -0.286. The first-order valence-electron chi connectivity index (χ1n) is 8.87. The molecule has 1 unspecified atom stereocenters. The van der Waals surface area contributed by atoms with Crippen molar-refractivity contribution in [3.63, 3.8) is 0 Å². The van der Waals surface area contributed by atoms with E-state index in [2.05, 4.69) is 5.32 Å². The average molecular weight is 356 g/mol. The van der Waals surface area contributed by atoms with E-state index in [4.69, 9.17) is 9.47 Å². The van der Waals surface area contributed by atoms with Crippen LogP contribution >= 0.6 is 0 Å². The van der Waals surface area contributed by atoms with Crippen LogP contribution < -0.4 is 14.8 Å². The van der Waals surface area contributed by atoms with Gasteiger partial charge in [0, 0.05) is 11.6 Å². The van der Waals surface area contributed by atoms with Gasteiger partial charge < -0.3 is 19.7 Å². The Morgan fingerprint density at radius 2 is 1.85 bits per heavy atom. The highest BCUT2D eigenvalue weighted by atomic mass is 19.1. The maximum atomic E-state index is 13.9. The number of carbonyl (C=O) groups excluding carboxylic acids is 1. The van der Waals surface area contributed by atoms with Gasteiger partial charge in [-0.05, 0) is 31.0 Å². The lowest BCUT2D eigenvalue weighted by molar-refractivity contribution is 0.0897. The van der Waals surface area contributed by atoms with E-state index in [1.165, 1.54) is 6.07 Å². The lowest BCUT2D eigenvalue weighted by Crippen LogP contribution is -2.46. The molecule has 0 bridgehead atoms. The summed E-state index contributed by atoms with van der Waals surface area (Å²) in [5.74, 6) is 1.12. The van der Waals surface area contributed by atoms with Gasteiger partial charge in [-0.1, -0.05) is 30.3 Å². The number of urea groups is 1. The summed E-state index contributed by atoms with van der Waals surface area (Å²) in [4.78, 5) is 14.3. The van der Waals surface area contributed by atoms with E-state index in [0.29, 0.717) is 30.2 Å². The Bertz CT molecular complexity index is 794. The van der Waals surface area contributed by atoms with Crippen molar-refractivity contribution in [1.82, 2.24) is 10.2 Å². The van der Waals surface area contributed by atoms with Crippen LogP contribution in [0.2, 0.25) is 0 Å². The van der Waals surface area contributed by atoms with Crippen molar-refractivity contribution in [2.75, 3.05) is 13.2 Å². The zero-order valence-corrected chi connectivity index (χ0v) is 14.4. The molecule has 2 aromatic carbocycles. The van der Waals surface area contributed by atoms with Gasteiger partial charge in [-0.2, -0.15) is 0 Å². The van der Waals surface area contributed by atoms with Gasteiger partial charge >= 0.3 is 6.03 Å². The predicted octanol–water partition coefficient (Wildman–Crippen LogP) is 3.34. The molecule has 1 atom stereocenters. The van der Waals surface area contributed by atoms with E-state index in [9.17, 15) is 9.18 Å². The SMILES string of the molecule is O=C(NCC1COc2ccccc2O1)N(Cc1ccccc1F)C1CC1. The molecule has 1 heterocycles. The van der Waals surface area contributed by atoms with E-state index >= 15 is 0 Å². The standard InChI is InChI=1S/C20H21FN2O3/c21-17-6-2-1-5-14(17)12-23(15-9-10-15)20(24)22-11-16-13-25-18-7-3-4-8-19(18)26-16/h1-8,15-16H,9-13H2,(H,22,24). The second-order valence-corrected chi connectivity index (χ2v) is 6.63. The van der Waals surface area contributed by atoms with Crippen molar-refractivity contribution in [3.05, 3.63) is 59.9 Å². The minimum Gasteiger partial charge on any atom is -0.486 e. The number of para-hydroxylation sites is 2. The summed E-state index contributed by atoms with van der Waals surface area (Å²) in [5.41, 5.74) is 0.528. The van der Waals surface area contributed by atoms with Crippen molar-refractivity contribution in [3.8, 4) is 11.5 Å². The second-order valence-electron chi connectivity index (χ2n) is 6.63. The van der Waals surface area contributed by atoms with E-state index in [0.717, 1.165) is 12.8 Å². The fourth-order valence-corrected chi connectivity index (χ4v) is 3.03. The Morgan fingerprint density at radius 1 is 1.12 bits per heavy atom. The molecule has 6 heteroatoms. The molecule has 0 saturated heterocycles. The first-order chi connectivity index (χ1) is 12.7. The molecule has 1 aliphatic carbocycles. The topological polar surface area (TPSA) is 50.8 Å². The maximum absolute atomic E-state index is 13.9. The molecular formula is C20H21FN2O3. The summed E-state index contributed by atoms with van der Waals surface area (Å²) in [7, 11) is 0. The number of benzene rings is 2. The van der Waals surface area contributed by atoms with Gasteiger partial charge in [-0.25, -0.2) is 9.18 Å². The molecule has 2 aliphatic rings. The summed E-state index contributed by atoms with van der Waals surface area (Å²) in [6, 6.07) is 14.0. The van der Waals surface area contributed by atoms with E-state index in [-0.39, 0.29) is 30.5 Å². The normalized spacial score (nSPS) is 18.3. The Labute approximate surface area is 151 Å². The van der Waals surface area contributed by atoms with Crippen molar-refractivity contribution in [1.29, 1.82) is 0 Å². The number of fused-ring (bicyclic) bond motifs is 1. The Morgan fingerprint density at radius 3 is 2.62 bits per heavy atom. The van der Waals surface area contributed by atoms with Gasteiger partial charge in [0.15, 0.2) is 17.6 Å². The van der Waals surface area contributed by atoms with Crippen LogP contribution in [0.4, 0.5) is 9.18 Å². The average Bonchev–Trinajstić information content (AvgIpc) is 3.50. The van der Waals surface area contributed by atoms with E-state index in [1.54, 1.807) is 23.1 Å². The number of hydrogen-bond donors (Lipinski definition) is 1. The lowest BCUT2D eigenvalue weighted by atomic mass is 10.2. The van der Waals surface area contributed by atoms with Crippen LogP contribution in [-0.4, -0.2) is 36.2 Å². The molecule has 136 valence electrons. The summed E-state index contributed by atoms with van der Waals surface area (Å²) in [6.07, 6.45) is 1.67. The molecule has 2 amide bonds. The van der Waals surface area contributed by atoms with Gasteiger partial charge in [0.2, 0.25) is 0 Å². The number of nitrogens with one attached hydrogen (secondary N) is 1. The van der Waals surface area contributed by atoms with Gasteiger partial charge in [-0.3, -0.25) is 0 Å². The maximum Gasteiger partial charge on any atom is 0.318 e. The molecule has 4 rings (SSSR count). The Balaban J connectivity index is 1.35. The van der Waals surface area contributed by atoms with Gasteiger partial charge in [0.05, 0.1) is 13.1 Å². The highest BCUT2D eigenvalue weighted by Crippen LogP contribution is 2.31. The molecule has 0 spiro atoms.